The van der Waals surface area contributed by atoms with Gasteiger partial charge in [-0.2, -0.15) is 18.3 Å². The third-order valence-electron chi connectivity index (χ3n) is 6.67. The number of nitrogens with one attached hydrogen (secondary N) is 2. The summed E-state index contributed by atoms with van der Waals surface area (Å²) in [5.41, 5.74) is 2.70. The van der Waals surface area contributed by atoms with Gasteiger partial charge in [-0.1, -0.05) is 25.1 Å². The van der Waals surface area contributed by atoms with E-state index in [1.54, 1.807) is 18.3 Å². The second-order valence-electron chi connectivity index (χ2n) is 9.00. The van der Waals surface area contributed by atoms with Crippen molar-refractivity contribution in [3.63, 3.8) is 0 Å². The molecule has 1 aliphatic rings. The second-order valence-corrected chi connectivity index (χ2v) is 9.00. The van der Waals surface area contributed by atoms with E-state index >= 15 is 0 Å². The molecule has 5 rings (SSSR count). The van der Waals surface area contributed by atoms with Crippen LogP contribution in [-0.2, 0) is 6.18 Å². The van der Waals surface area contributed by atoms with Gasteiger partial charge in [0.15, 0.2) is 5.65 Å². The number of nitrogens with zero attached hydrogens (tertiary/aromatic N) is 4. The summed E-state index contributed by atoms with van der Waals surface area (Å²) in [7, 11) is 0. The molecule has 4 aromatic rings. The van der Waals surface area contributed by atoms with Crippen LogP contribution in [-0.4, -0.2) is 56.6 Å². The molecule has 0 spiro atoms. The quantitative estimate of drug-likeness (QED) is 0.425. The van der Waals surface area contributed by atoms with E-state index in [-0.39, 0.29) is 11.5 Å². The maximum atomic E-state index is 13.7. The second kappa shape index (κ2) is 9.34. The van der Waals surface area contributed by atoms with Crippen LogP contribution in [0, 0.1) is 6.92 Å². The highest BCUT2D eigenvalue weighted by Gasteiger charge is 2.40. The number of rotatable bonds is 5. The number of carbonyl (C=O) groups is 1. The summed E-state index contributed by atoms with van der Waals surface area (Å²) in [6.45, 7) is 5.40. The molecule has 0 aliphatic carbocycles. The van der Waals surface area contributed by atoms with Gasteiger partial charge in [-0.25, -0.2) is 4.98 Å². The Kier molecular flexibility index (Phi) is 6.21. The molecule has 186 valence electrons. The van der Waals surface area contributed by atoms with E-state index in [4.69, 9.17) is 0 Å². The summed E-state index contributed by atoms with van der Waals surface area (Å²) >= 11 is 0. The maximum Gasteiger partial charge on any atom is 0.416 e. The van der Waals surface area contributed by atoms with Crippen LogP contribution in [0.25, 0.3) is 22.3 Å². The van der Waals surface area contributed by atoms with Crippen LogP contribution in [0.2, 0.25) is 0 Å². The topological polar surface area (TPSA) is 86.8 Å². The minimum absolute atomic E-state index is 0.199. The number of halogens is 3. The first-order valence-corrected chi connectivity index (χ1v) is 11.7. The average molecular weight is 495 g/mol. The van der Waals surface area contributed by atoms with Crippen molar-refractivity contribution < 1.29 is 18.0 Å². The number of alkyl halides is 3. The summed E-state index contributed by atoms with van der Waals surface area (Å²) in [4.78, 5) is 23.9. The molecule has 4 heterocycles. The van der Waals surface area contributed by atoms with E-state index in [0.29, 0.717) is 41.9 Å². The third kappa shape index (κ3) is 4.56. The van der Waals surface area contributed by atoms with Crippen molar-refractivity contribution in [2.75, 3.05) is 19.6 Å². The van der Waals surface area contributed by atoms with Gasteiger partial charge in [-0.05, 0) is 43.3 Å². The normalized spacial score (nSPS) is 18.6. The molecule has 1 saturated heterocycles. The lowest BCUT2D eigenvalue weighted by Crippen LogP contribution is -2.40. The monoisotopic (exact) mass is 494 g/mol. The fourth-order valence-corrected chi connectivity index (χ4v) is 4.88. The molecule has 1 aromatic carbocycles. The van der Waals surface area contributed by atoms with Gasteiger partial charge in [0.05, 0.1) is 11.1 Å². The number of hydrogen-bond acceptors (Lipinski definition) is 5. The predicted octanol–water partition coefficient (Wildman–Crippen LogP) is 4.56. The zero-order valence-corrected chi connectivity index (χ0v) is 19.8. The fraction of sp³-hybridized carbons (Fsp3) is 0.308. The Bertz CT molecular complexity index is 1420. The largest absolute Gasteiger partial charge is 0.416 e. The van der Waals surface area contributed by atoms with Gasteiger partial charge in [0, 0.05) is 54.1 Å². The van der Waals surface area contributed by atoms with Crippen molar-refractivity contribution >= 4 is 16.9 Å². The SMILES string of the molecule is CCN1CC(NC(=O)c2cnc3[nH]nc(-c4ccnc(C)c4)c3c2)C(c2ccccc2C(F)(F)F)C1. The van der Waals surface area contributed by atoms with E-state index in [0.717, 1.165) is 17.3 Å². The smallest absolute Gasteiger partial charge is 0.347 e. The predicted molar refractivity (Wildman–Crippen MR) is 129 cm³/mol. The van der Waals surface area contributed by atoms with Gasteiger partial charge in [0.1, 0.15) is 5.69 Å². The van der Waals surface area contributed by atoms with Crippen molar-refractivity contribution in [2.45, 2.75) is 32.0 Å². The van der Waals surface area contributed by atoms with Gasteiger partial charge in [0.25, 0.3) is 5.91 Å². The van der Waals surface area contributed by atoms with E-state index in [2.05, 4.69) is 25.5 Å². The van der Waals surface area contributed by atoms with Crippen molar-refractivity contribution in [1.82, 2.24) is 30.4 Å². The number of aromatic amines is 1. The Hall–Kier alpha value is -3.79. The molecule has 0 bridgehead atoms. The Morgan fingerprint density at radius 1 is 1.17 bits per heavy atom. The third-order valence-corrected chi connectivity index (χ3v) is 6.67. The molecule has 2 N–H and O–H groups in total. The molecule has 36 heavy (non-hydrogen) atoms. The lowest BCUT2D eigenvalue weighted by atomic mass is 9.90. The standard InChI is InChI=1S/C26H25F3N6O/c1-3-35-13-20(18-6-4-5-7-21(18)26(27,28)29)22(14-35)32-25(36)17-11-19-23(33-34-24(19)31-12-17)16-8-9-30-15(2)10-16/h4-12,20,22H,3,13-14H2,1-2H3,(H,32,36)(H,31,33,34). The number of amides is 1. The highest BCUT2D eigenvalue weighted by Crippen LogP contribution is 2.38. The van der Waals surface area contributed by atoms with Crippen LogP contribution in [0.5, 0.6) is 0 Å². The molecule has 10 heteroatoms. The number of H-pyrrole nitrogens is 1. The van der Waals surface area contributed by atoms with Crippen molar-refractivity contribution in [1.29, 1.82) is 0 Å². The summed E-state index contributed by atoms with van der Waals surface area (Å²) in [5.74, 6) is -0.882. The summed E-state index contributed by atoms with van der Waals surface area (Å²) in [5, 5.41) is 10.9. The number of fused-ring (bicyclic) bond motifs is 1. The Morgan fingerprint density at radius 3 is 2.72 bits per heavy atom. The van der Waals surface area contributed by atoms with E-state index in [1.165, 1.54) is 18.3 Å². The molecule has 2 unspecified atom stereocenters. The van der Waals surface area contributed by atoms with Gasteiger partial charge < -0.3 is 10.2 Å². The van der Waals surface area contributed by atoms with Gasteiger partial charge in [-0.3, -0.25) is 14.9 Å². The van der Waals surface area contributed by atoms with E-state index < -0.39 is 23.7 Å². The molecule has 1 aliphatic heterocycles. The fourth-order valence-electron chi connectivity index (χ4n) is 4.88. The minimum atomic E-state index is -4.47. The van der Waals surface area contributed by atoms with Crippen LogP contribution in [0.3, 0.4) is 0 Å². The number of likely N-dealkylation sites (N-methyl/N-ethyl adjacent to an activating group) is 1. The van der Waals surface area contributed by atoms with Crippen molar-refractivity contribution in [3.05, 3.63) is 77.2 Å². The molecule has 1 amide bonds. The summed E-state index contributed by atoms with van der Waals surface area (Å²) < 4.78 is 41.2. The lowest BCUT2D eigenvalue weighted by molar-refractivity contribution is -0.138. The molecule has 2 atom stereocenters. The van der Waals surface area contributed by atoms with E-state index in [1.807, 2.05) is 30.9 Å². The van der Waals surface area contributed by atoms with Crippen molar-refractivity contribution in [2.24, 2.45) is 0 Å². The number of carbonyl (C=O) groups excluding carboxylic acids is 1. The van der Waals surface area contributed by atoms with E-state index in [9.17, 15) is 18.0 Å². The zero-order valence-electron chi connectivity index (χ0n) is 19.8. The average Bonchev–Trinajstić information content (AvgIpc) is 3.47. The summed E-state index contributed by atoms with van der Waals surface area (Å²) in [6, 6.07) is 10.5. The van der Waals surface area contributed by atoms with Crippen LogP contribution in [0.1, 0.15) is 40.0 Å². The highest BCUT2D eigenvalue weighted by molar-refractivity contribution is 6.00. The number of aryl methyl sites for hydroxylation is 1. The van der Waals surface area contributed by atoms with Gasteiger partial charge >= 0.3 is 6.18 Å². The zero-order chi connectivity index (χ0) is 25.4. The molecular formula is C26H25F3N6O. The first-order valence-electron chi connectivity index (χ1n) is 11.7. The lowest BCUT2D eigenvalue weighted by Gasteiger charge is -2.23. The Balaban J connectivity index is 1.45. The summed E-state index contributed by atoms with van der Waals surface area (Å²) in [6.07, 6.45) is -1.33. The number of pyridine rings is 2. The van der Waals surface area contributed by atoms with Crippen LogP contribution in [0.4, 0.5) is 13.2 Å². The number of hydrogen-bond donors (Lipinski definition) is 2. The molecule has 3 aromatic heterocycles. The van der Waals surface area contributed by atoms with Gasteiger partial charge in [0.2, 0.25) is 0 Å². The number of aromatic nitrogens is 4. The Labute approximate surface area is 205 Å². The molecule has 0 radical (unpaired) electrons. The molecule has 0 saturated carbocycles. The number of benzene rings is 1. The van der Waals surface area contributed by atoms with Crippen molar-refractivity contribution in [3.8, 4) is 11.3 Å². The minimum Gasteiger partial charge on any atom is -0.347 e. The highest BCUT2D eigenvalue weighted by atomic mass is 19.4. The number of likely N-dealkylation sites (tertiary alicyclic amines) is 1. The molecule has 1 fully saturated rings. The maximum absolute atomic E-state index is 13.7. The first-order chi connectivity index (χ1) is 17.2. The molecule has 7 nitrogen and oxygen atoms in total. The first kappa shape index (κ1) is 23.9. The Morgan fingerprint density at radius 2 is 1.97 bits per heavy atom. The van der Waals surface area contributed by atoms with Crippen LogP contribution in [0.15, 0.2) is 54.9 Å². The van der Waals surface area contributed by atoms with Gasteiger partial charge in [-0.15, -0.1) is 0 Å². The van der Waals surface area contributed by atoms with Crippen LogP contribution >= 0.6 is 0 Å². The molecular weight excluding hydrogens is 469 g/mol. The van der Waals surface area contributed by atoms with Crippen LogP contribution < -0.4 is 5.32 Å².